The van der Waals surface area contributed by atoms with Crippen LogP contribution in [0.25, 0.3) is 33.4 Å². The van der Waals surface area contributed by atoms with E-state index in [0.717, 1.165) is 37.0 Å². The Morgan fingerprint density at radius 1 is 0.381 bits per heavy atom. The predicted molar refractivity (Wildman–Crippen MR) is 587 cm³/mol. The van der Waals surface area contributed by atoms with Gasteiger partial charge in [-0.2, -0.15) is 30.4 Å². The monoisotopic (exact) mass is 2190 g/mol. The van der Waals surface area contributed by atoms with Gasteiger partial charge >= 0.3 is 30.1 Å². The first-order chi connectivity index (χ1) is 68.3. The Hall–Kier alpha value is -12.3. The van der Waals surface area contributed by atoms with Crippen LogP contribution in [-0.2, 0) is 98.1 Å². The average molecular weight is 2190 g/mol. The number of thiophene rings is 1. The van der Waals surface area contributed by atoms with Crippen molar-refractivity contribution in [1.82, 2.24) is 18.3 Å². The van der Waals surface area contributed by atoms with Crippen molar-refractivity contribution >= 4 is 172 Å². The highest BCUT2D eigenvalue weighted by atomic mass is 32.2. The quantitative estimate of drug-likeness (QED) is 0.0194. The lowest BCUT2D eigenvalue weighted by atomic mass is 9.92. The fourth-order valence-electron chi connectivity index (χ4n) is 15.4. The predicted octanol–water partition coefficient (Wildman–Crippen LogP) is 16.3. The van der Waals surface area contributed by atoms with Crippen molar-refractivity contribution in [3.63, 3.8) is 0 Å². The topological polar surface area (TPSA) is 556 Å². The number of ether oxygens (including phenoxy) is 1. The van der Waals surface area contributed by atoms with E-state index in [0.29, 0.717) is 90.3 Å². The first-order valence-electron chi connectivity index (χ1n) is 46.1. The third kappa shape index (κ3) is 28.6. The fraction of sp³-hybridized carbons (Fsp3) is 0.347. The third-order valence-corrected chi connectivity index (χ3v) is 33.3. The zero-order valence-electron chi connectivity index (χ0n) is 84.8. The lowest BCUT2D eigenvalue weighted by Gasteiger charge is -2.26. The largest absolute Gasteiger partial charge is 0.506 e. The van der Waals surface area contributed by atoms with Gasteiger partial charge in [0.15, 0.2) is 23.3 Å². The normalized spacial score (nSPS) is 17.6. The Morgan fingerprint density at radius 2 is 0.673 bits per heavy atom. The molecule has 49 heteroatoms. The summed E-state index contributed by atoms with van der Waals surface area (Å²) in [5.74, 6) is -1.03. The Morgan fingerprint density at radius 3 is 0.980 bits per heavy atom. The second kappa shape index (κ2) is 44.2. The number of nitrogens with one attached hydrogen (secondary N) is 8. The highest BCUT2D eigenvalue weighted by Crippen LogP contribution is 2.56. The van der Waals surface area contributed by atoms with Gasteiger partial charge in [-0.05, 0) is 174 Å². The number of fused-ring (bicyclic) bond motifs is 4. The number of aryl methyl sites for hydroxylation is 4. The molecular weight excluding hydrogens is 2070 g/mol. The molecule has 0 saturated heterocycles. The van der Waals surface area contributed by atoms with E-state index in [1.165, 1.54) is 106 Å². The first kappa shape index (κ1) is 113. The molecule has 12 N–H and O–H groups in total. The van der Waals surface area contributed by atoms with Gasteiger partial charge in [0.05, 0.1) is 89.3 Å². The number of anilines is 8. The maximum atomic E-state index is 14.0. The van der Waals surface area contributed by atoms with Crippen LogP contribution in [0.3, 0.4) is 0 Å². The minimum absolute atomic E-state index is 0.0292. The minimum Gasteiger partial charge on any atom is -0.506 e. The number of pyridine rings is 4. The zero-order valence-corrected chi connectivity index (χ0v) is 92.4. The minimum atomic E-state index is -4.44. The van der Waals surface area contributed by atoms with Gasteiger partial charge in [0, 0.05) is 97.5 Å². The molecule has 4 atom stereocenters. The zero-order chi connectivity index (χ0) is 108. The number of nitrogens with zero attached hydrogens (tertiary/aromatic N) is 8. The second-order valence-electron chi connectivity index (χ2n) is 39.9. The van der Waals surface area contributed by atoms with Crippen molar-refractivity contribution in [2.45, 2.75) is 149 Å². The van der Waals surface area contributed by atoms with Crippen molar-refractivity contribution in [3.8, 4) is 56.4 Å². The third-order valence-electron chi connectivity index (χ3n) is 22.7. The van der Waals surface area contributed by atoms with Gasteiger partial charge in [-0.1, -0.05) is 144 Å². The van der Waals surface area contributed by atoms with Crippen molar-refractivity contribution in [2.75, 3.05) is 92.6 Å². The molecule has 40 nitrogen and oxygen atoms in total. The average Bonchev–Trinajstić information content (AvgIpc) is 1.26. The molecule has 0 spiro atoms. The van der Waals surface area contributed by atoms with Crippen LogP contribution in [0.15, 0.2) is 219 Å². The van der Waals surface area contributed by atoms with Crippen LogP contribution in [0.2, 0.25) is 0 Å². The molecule has 0 amide bonds. The molecule has 0 aliphatic carbocycles. The summed E-state index contributed by atoms with van der Waals surface area (Å²) in [6.07, 6.45) is 13.4. The molecule has 4 aliphatic heterocycles. The molecule has 5 aromatic heterocycles. The van der Waals surface area contributed by atoms with Crippen LogP contribution in [0.1, 0.15) is 145 Å². The molecule has 4 aliphatic rings. The Bertz CT molecular complexity index is 8030. The van der Waals surface area contributed by atoms with Crippen LogP contribution in [0.5, 0.6) is 23.0 Å². The molecule has 11 aromatic rings. The van der Waals surface area contributed by atoms with Crippen LogP contribution >= 0.6 is 41.4 Å². The first-order valence-corrected chi connectivity index (χ1v) is 61.0. The summed E-state index contributed by atoms with van der Waals surface area (Å²) in [6.45, 7) is 30.0. The molecule has 0 saturated carbocycles. The standard InChI is InChI=1S/C26H31N4O6PS.C25H31N4O6PS2.C25H29N4O6PS.C22H31N4O6PS/c1-26(2,3)13-14-30-16-19(17-9-7-6-8-10-17)23(31)22(25(30)32)24-27-20-12-11-18(29-38(5,34)35)15-21(20)37(33,28-24)36-4;1-6-35-36(32)20-13-17(28-38(5,33)34)7-8-19(20)26-23(27-36)21-22(30)18(16-9-12-37-15-16)14-29(24(21)31)11-10-25(2,3)4;1-25(2,3)12-13-29-15-18(16-8-6-5-7-9-16)22(30)21(24(29)31)23-26-19-11-10-17(28-37(4,34)35)14-20(19)36(32,33)27-23;1-7-32-33(28)18-14-15(25-34(6,29)30)8-9-16(18)23-20(24-33)19-17(31-5)10-12-26(21(19)27)13-11-22(2,3)4/h6-12,15-16,29,31H,13-14H2,1-5H3,(H,27,28,33);7-9,12-15,28,30H,6,10-11H2,1-5H3,(H,26,27,32);5-11,14-15,28,30H,12-13H2,1-4H3,(H2,26,27,32,33);8-10,12,14,25H,7,11,13H2,1-6H3,(H,23,24,28). The van der Waals surface area contributed by atoms with E-state index in [9.17, 15) is 91.3 Å². The van der Waals surface area contributed by atoms with E-state index < -0.39 is 86.8 Å². The summed E-state index contributed by atoms with van der Waals surface area (Å²) in [4.78, 5) is 65.1. The van der Waals surface area contributed by atoms with Gasteiger partial charge < -0.3 is 78.1 Å². The van der Waals surface area contributed by atoms with Crippen LogP contribution in [0, 0.1) is 21.7 Å². The van der Waals surface area contributed by atoms with Crippen molar-refractivity contribution in [1.29, 1.82) is 0 Å². The van der Waals surface area contributed by atoms with Gasteiger partial charge in [0.2, 0.25) is 40.1 Å². The van der Waals surface area contributed by atoms with Gasteiger partial charge in [-0.15, -0.1) is 0 Å². The Labute approximate surface area is 857 Å². The molecule has 0 radical (unpaired) electrons. The molecule has 4 unspecified atom stereocenters. The molecule has 6 aromatic carbocycles. The van der Waals surface area contributed by atoms with Crippen molar-refractivity contribution < 1.29 is 90.5 Å². The van der Waals surface area contributed by atoms with E-state index in [-0.39, 0.29) is 159 Å². The summed E-state index contributed by atoms with van der Waals surface area (Å²) in [7, 11) is -27.8. The molecule has 0 bridgehead atoms. The van der Waals surface area contributed by atoms with Gasteiger partial charge in [0.25, 0.3) is 22.2 Å². The number of sulfonamides is 4. The number of amidine groups is 4. The lowest BCUT2D eigenvalue weighted by Crippen LogP contribution is -2.34. The molecule has 9 heterocycles. The SMILES string of the molecule is CC(C)(C)CCn1cc(-c2ccccc2)c(O)c(C2=NP(=O)(O)c3cc(NS(C)(=O)=O)ccc3N2)c1=O.CCOP1(=O)N=C(c2c(O)c(-c3ccsc3)cn(CCC(C)(C)C)c2=O)Nc2ccc(NS(C)(=O)=O)cc21.CCOP1(=O)N=C(c2c(OC)ccn(CCC(C)(C)C)c2=O)Nc2ccc(NS(C)(=O)=O)cc21.COP1(=O)N=C(c2c(O)c(-c3ccccc3)cn(CCC(C)(C)C)c2=O)Nc2ccc(NS(C)(=O)=O)cc21. The van der Waals surface area contributed by atoms with E-state index in [4.69, 9.17) is 18.3 Å². The number of hydrogen-bond acceptors (Lipinski definition) is 28. The van der Waals surface area contributed by atoms with Crippen LogP contribution < -0.4 is 88.3 Å². The van der Waals surface area contributed by atoms with Crippen molar-refractivity contribution in [3.05, 3.63) is 245 Å². The molecular formula is C98H122N16O24P4S5. The highest BCUT2D eigenvalue weighted by molar-refractivity contribution is 7.92. The van der Waals surface area contributed by atoms with Crippen molar-refractivity contribution in [2.24, 2.45) is 40.7 Å². The molecule has 147 heavy (non-hydrogen) atoms. The van der Waals surface area contributed by atoms with Crippen LogP contribution in [-0.4, -0.2) is 148 Å². The molecule has 15 rings (SSSR count). The summed E-state index contributed by atoms with van der Waals surface area (Å²) in [5.41, 5.74) is 2.87. The smallest absolute Gasteiger partial charge is 0.348 e. The van der Waals surface area contributed by atoms with E-state index in [1.54, 1.807) is 79.6 Å². The number of hydrogen-bond donors (Lipinski definition) is 12. The number of aromatic nitrogens is 4. The van der Waals surface area contributed by atoms with E-state index in [1.807, 2.05) is 53.2 Å². The summed E-state index contributed by atoms with van der Waals surface area (Å²) in [6, 6.07) is 39.0. The molecule has 788 valence electrons. The Balaban J connectivity index is 0.000000174. The summed E-state index contributed by atoms with van der Waals surface area (Å²) < 4.78 is 202. The lowest BCUT2D eigenvalue weighted by molar-refractivity contribution is 0.340. The summed E-state index contributed by atoms with van der Waals surface area (Å²) in [5, 5.41) is 50.0. The van der Waals surface area contributed by atoms with Gasteiger partial charge in [-0.3, -0.25) is 56.3 Å². The van der Waals surface area contributed by atoms with Crippen LogP contribution in [0.4, 0.5) is 45.5 Å². The number of aromatic hydroxyl groups is 3. The summed E-state index contributed by atoms with van der Waals surface area (Å²) >= 11 is 1.46. The fourth-order valence-corrected chi connectivity index (χ4v) is 24.7. The van der Waals surface area contributed by atoms with Gasteiger partial charge in [0.1, 0.15) is 45.3 Å². The van der Waals surface area contributed by atoms with Gasteiger partial charge in [-0.25, -0.2) is 33.7 Å². The Kier molecular flexibility index (Phi) is 34.1. The number of rotatable bonds is 29. The van der Waals surface area contributed by atoms with E-state index >= 15 is 0 Å². The highest BCUT2D eigenvalue weighted by Gasteiger charge is 2.42. The molecule has 0 fully saturated rings. The maximum absolute atomic E-state index is 14.0. The second-order valence-corrected chi connectivity index (χ2v) is 55.5. The van der Waals surface area contributed by atoms with E-state index in [2.05, 4.69) is 142 Å². The number of benzene rings is 6. The number of methoxy groups -OCH3 is 1. The maximum Gasteiger partial charge on any atom is 0.348 e.